The lowest BCUT2D eigenvalue weighted by Crippen LogP contribution is -2.33. The molecule has 0 aliphatic heterocycles. The lowest BCUT2D eigenvalue weighted by molar-refractivity contribution is 0.388. The molecule has 1 N–H and O–H groups in total. The zero-order valence-corrected chi connectivity index (χ0v) is 11.1. The maximum atomic E-state index is 13.0. The Labute approximate surface area is 107 Å². The molecule has 1 aliphatic rings. The van der Waals surface area contributed by atoms with Crippen LogP contribution in [-0.2, 0) is 0 Å². The maximum absolute atomic E-state index is 13.0. The topological polar surface area (TPSA) is 12.0 Å². The Morgan fingerprint density at radius 3 is 2.76 bits per heavy atom. The first-order valence-electron chi connectivity index (χ1n) is 6.29. The van der Waals surface area contributed by atoms with Crippen molar-refractivity contribution in [1.82, 2.24) is 5.32 Å². The summed E-state index contributed by atoms with van der Waals surface area (Å²) in [6, 6.07) is 5.36. The third-order valence-electron chi connectivity index (χ3n) is 3.75. The predicted octanol–water partition coefficient (Wildman–Crippen LogP) is 4.32. The molecule has 3 atom stereocenters. The fraction of sp³-hybridized carbons (Fsp3) is 0.571. The van der Waals surface area contributed by atoms with Crippen LogP contribution in [0.15, 0.2) is 18.2 Å². The fourth-order valence-electron chi connectivity index (χ4n) is 2.66. The van der Waals surface area contributed by atoms with Gasteiger partial charge in [-0.05, 0) is 43.4 Å². The molecule has 1 aliphatic carbocycles. The van der Waals surface area contributed by atoms with Crippen LogP contribution < -0.4 is 5.32 Å². The molecule has 1 aromatic rings. The first kappa shape index (κ1) is 12.8. The minimum atomic E-state index is -0.278. The molecule has 2 rings (SSSR count). The van der Waals surface area contributed by atoms with E-state index in [1.165, 1.54) is 31.4 Å². The summed E-state index contributed by atoms with van der Waals surface area (Å²) in [5, 5.41) is 4.11. The first-order valence-corrected chi connectivity index (χ1v) is 6.66. The number of hydrogen-bond donors (Lipinski definition) is 1. The molecule has 1 nitrogen and oxygen atoms in total. The van der Waals surface area contributed by atoms with Gasteiger partial charge in [-0.1, -0.05) is 31.0 Å². The summed E-state index contributed by atoms with van der Waals surface area (Å²) >= 11 is 6.07. The van der Waals surface area contributed by atoms with Gasteiger partial charge in [0.25, 0.3) is 0 Å². The van der Waals surface area contributed by atoms with Crippen molar-refractivity contribution < 1.29 is 4.39 Å². The normalized spacial score (nSPS) is 26.1. The quantitative estimate of drug-likeness (QED) is 0.848. The second kappa shape index (κ2) is 5.36. The molecule has 0 radical (unpaired) electrons. The average molecular weight is 256 g/mol. The lowest BCUT2D eigenvalue weighted by atomic mass is 10.0. The van der Waals surface area contributed by atoms with E-state index in [0.29, 0.717) is 11.1 Å². The highest BCUT2D eigenvalue weighted by atomic mass is 35.5. The van der Waals surface area contributed by atoms with Crippen molar-refractivity contribution in [1.29, 1.82) is 0 Å². The Morgan fingerprint density at radius 2 is 2.18 bits per heavy atom. The van der Waals surface area contributed by atoms with E-state index in [1.54, 1.807) is 6.07 Å². The van der Waals surface area contributed by atoms with Gasteiger partial charge in [0.1, 0.15) is 5.82 Å². The highest BCUT2D eigenvalue weighted by Gasteiger charge is 2.25. The zero-order valence-electron chi connectivity index (χ0n) is 10.3. The molecule has 0 heterocycles. The third-order valence-corrected chi connectivity index (χ3v) is 4.08. The van der Waals surface area contributed by atoms with Gasteiger partial charge >= 0.3 is 0 Å². The first-order chi connectivity index (χ1) is 8.08. The van der Waals surface area contributed by atoms with E-state index in [0.717, 1.165) is 11.5 Å². The Bertz CT molecular complexity index is 394. The van der Waals surface area contributed by atoms with Crippen LogP contribution in [0.1, 0.15) is 44.7 Å². The van der Waals surface area contributed by atoms with Gasteiger partial charge in [0, 0.05) is 17.1 Å². The number of rotatable bonds is 3. The molecule has 94 valence electrons. The molecule has 0 saturated heterocycles. The van der Waals surface area contributed by atoms with Gasteiger partial charge in [-0.15, -0.1) is 0 Å². The molecule has 0 amide bonds. The summed E-state index contributed by atoms with van der Waals surface area (Å²) in [6.45, 7) is 4.37. The fourth-order valence-corrected chi connectivity index (χ4v) is 2.99. The summed E-state index contributed by atoms with van der Waals surface area (Å²) in [5.41, 5.74) is 0.979. The minimum Gasteiger partial charge on any atom is -0.307 e. The van der Waals surface area contributed by atoms with Crippen LogP contribution >= 0.6 is 11.6 Å². The maximum Gasteiger partial charge on any atom is 0.124 e. The smallest absolute Gasteiger partial charge is 0.124 e. The summed E-state index contributed by atoms with van der Waals surface area (Å²) in [7, 11) is 0. The number of benzene rings is 1. The molecule has 0 aromatic heterocycles. The van der Waals surface area contributed by atoms with Gasteiger partial charge in [0.2, 0.25) is 0 Å². The van der Waals surface area contributed by atoms with Gasteiger partial charge in [-0.3, -0.25) is 0 Å². The van der Waals surface area contributed by atoms with E-state index in [9.17, 15) is 4.39 Å². The van der Waals surface area contributed by atoms with Gasteiger partial charge < -0.3 is 5.32 Å². The average Bonchev–Trinajstić information content (AvgIpc) is 2.64. The molecule has 0 spiro atoms. The third kappa shape index (κ3) is 2.99. The van der Waals surface area contributed by atoms with E-state index >= 15 is 0 Å². The van der Waals surface area contributed by atoms with Crippen molar-refractivity contribution >= 4 is 11.6 Å². The second-order valence-electron chi connectivity index (χ2n) is 5.07. The van der Waals surface area contributed by atoms with Gasteiger partial charge in [-0.25, -0.2) is 4.39 Å². The van der Waals surface area contributed by atoms with Crippen LogP contribution in [0.2, 0.25) is 5.02 Å². The van der Waals surface area contributed by atoms with Crippen molar-refractivity contribution in [2.75, 3.05) is 0 Å². The molecule has 17 heavy (non-hydrogen) atoms. The van der Waals surface area contributed by atoms with Crippen molar-refractivity contribution in [3.8, 4) is 0 Å². The van der Waals surface area contributed by atoms with E-state index in [4.69, 9.17) is 11.6 Å². The number of nitrogens with one attached hydrogen (secondary N) is 1. The number of hydrogen-bond acceptors (Lipinski definition) is 1. The molecule has 3 unspecified atom stereocenters. The van der Waals surface area contributed by atoms with Crippen LogP contribution in [-0.4, -0.2) is 6.04 Å². The highest BCUT2D eigenvalue weighted by Crippen LogP contribution is 2.29. The second-order valence-corrected chi connectivity index (χ2v) is 5.48. The van der Waals surface area contributed by atoms with Crippen LogP contribution in [0.3, 0.4) is 0 Å². The Hall–Kier alpha value is -0.600. The standard InChI is InChI=1S/C14H19ClFN/c1-9-4-3-5-14(9)17-10(2)12-7-6-11(16)8-13(12)15/h6-10,14,17H,3-5H2,1-2H3. The summed E-state index contributed by atoms with van der Waals surface area (Å²) in [6.07, 6.45) is 3.81. The van der Waals surface area contributed by atoms with E-state index < -0.39 is 0 Å². The van der Waals surface area contributed by atoms with Gasteiger partial charge in [0.15, 0.2) is 0 Å². The molecule has 1 aromatic carbocycles. The van der Waals surface area contributed by atoms with Crippen molar-refractivity contribution in [2.45, 2.75) is 45.2 Å². The van der Waals surface area contributed by atoms with Gasteiger partial charge in [0.05, 0.1) is 0 Å². The van der Waals surface area contributed by atoms with Gasteiger partial charge in [-0.2, -0.15) is 0 Å². The summed E-state index contributed by atoms with van der Waals surface area (Å²) in [4.78, 5) is 0. The Morgan fingerprint density at radius 1 is 1.41 bits per heavy atom. The Kier molecular flexibility index (Phi) is 4.05. The largest absolute Gasteiger partial charge is 0.307 e. The van der Waals surface area contributed by atoms with Crippen LogP contribution in [0.4, 0.5) is 4.39 Å². The molecular weight excluding hydrogens is 237 g/mol. The monoisotopic (exact) mass is 255 g/mol. The van der Waals surface area contributed by atoms with Crippen LogP contribution in [0.25, 0.3) is 0 Å². The SMILES string of the molecule is CC(NC1CCCC1C)c1ccc(F)cc1Cl. The molecule has 1 saturated carbocycles. The van der Waals surface area contributed by atoms with Crippen LogP contribution in [0, 0.1) is 11.7 Å². The van der Waals surface area contributed by atoms with E-state index in [1.807, 2.05) is 0 Å². The lowest BCUT2D eigenvalue weighted by Gasteiger charge is -2.23. The summed E-state index contributed by atoms with van der Waals surface area (Å²) in [5.74, 6) is 0.442. The van der Waals surface area contributed by atoms with Crippen molar-refractivity contribution in [3.05, 3.63) is 34.6 Å². The molecule has 3 heteroatoms. The minimum absolute atomic E-state index is 0.175. The van der Waals surface area contributed by atoms with E-state index in [-0.39, 0.29) is 11.9 Å². The Balaban J connectivity index is 2.06. The van der Waals surface area contributed by atoms with Crippen LogP contribution in [0.5, 0.6) is 0 Å². The van der Waals surface area contributed by atoms with Crippen molar-refractivity contribution in [2.24, 2.45) is 5.92 Å². The van der Waals surface area contributed by atoms with Crippen molar-refractivity contribution in [3.63, 3.8) is 0 Å². The predicted molar refractivity (Wildman–Crippen MR) is 69.8 cm³/mol. The number of halogens is 2. The zero-order chi connectivity index (χ0) is 12.4. The molecule has 1 fully saturated rings. The molecule has 0 bridgehead atoms. The highest BCUT2D eigenvalue weighted by molar-refractivity contribution is 6.31. The summed E-state index contributed by atoms with van der Waals surface area (Å²) < 4.78 is 13.0. The molecular formula is C14H19ClFN. The van der Waals surface area contributed by atoms with E-state index in [2.05, 4.69) is 19.2 Å².